The predicted molar refractivity (Wildman–Crippen MR) is 90.8 cm³/mol. The fourth-order valence-corrected chi connectivity index (χ4v) is 3.45. The van der Waals surface area contributed by atoms with E-state index >= 15 is 0 Å². The molecule has 0 aromatic carbocycles. The molecular formula is C17H31N3O4. The zero-order valence-corrected chi connectivity index (χ0v) is 15.3. The van der Waals surface area contributed by atoms with Crippen molar-refractivity contribution in [1.82, 2.24) is 15.1 Å². The first kappa shape index (κ1) is 19.0. The summed E-state index contributed by atoms with van der Waals surface area (Å²) >= 11 is 0. The summed E-state index contributed by atoms with van der Waals surface area (Å²) in [5.41, 5.74) is -0.460. The number of methoxy groups -OCH3 is 1. The van der Waals surface area contributed by atoms with E-state index < -0.39 is 5.60 Å². The first-order valence-corrected chi connectivity index (χ1v) is 8.79. The Kier molecular flexibility index (Phi) is 6.46. The summed E-state index contributed by atoms with van der Waals surface area (Å²) in [6.07, 6.45) is 1.64. The van der Waals surface area contributed by atoms with Crippen molar-refractivity contribution < 1.29 is 19.1 Å². The lowest BCUT2D eigenvalue weighted by atomic mass is 9.87. The summed E-state index contributed by atoms with van der Waals surface area (Å²) < 4.78 is 10.3. The van der Waals surface area contributed by atoms with Gasteiger partial charge in [-0.3, -0.25) is 9.69 Å². The quantitative estimate of drug-likeness (QED) is 0.775. The molecule has 2 saturated heterocycles. The largest absolute Gasteiger partial charge is 0.468 e. The third-order valence-corrected chi connectivity index (χ3v) is 4.69. The van der Waals surface area contributed by atoms with Gasteiger partial charge >= 0.3 is 12.1 Å². The van der Waals surface area contributed by atoms with Gasteiger partial charge in [-0.2, -0.15) is 0 Å². The molecule has 2 heterocycles. The number of amides is 1. The monoisotopic (exact) mass is 341 g/mol. The number of hydrogen-bond donors (Lipinski definition) is 1. The molecule has 0 bridgehead atoms. The van der Waals surface area contributed by atoms with Crippen LogP contribution in [0.4, 0.5) is 4.79 Å². The van der Waals surface area contributed by atoms with Gasteiger partial charge in [0.15, 0.2) is 0 Å². The van der Waals surface area contributed by atoms with Crippen LogP contribution in [0.5, 0.6) is 0 Å². The molecule has 2 aliphatic heterocycles. The summed E-state index contributed by atoms with van der Waals surface area (Å²) in [5.74, 6) is 0.286. The Morgan fingerprint density at radius 3 is 2.42 bits per heavy atom. The van der Waals surface area contributed by atoms with E-state index in [1.807, 2.05) is 20.8 Å². The highest BCUT2D eigenvalue weighted by atomic mass is 16.6. The molecule has 0 saturated carbocycles. The van der Waals surface area contributed by atoms with Gasteiger partial charge in [0.1, 0.15) is 5.60 Å². The molecule has 0 aromatic rings. The summed E-state index contributed by atoms with van der Waals surface area (Å²) in [6.45, 7) is 10.0. The maximum atomic E-state index is 12.2. The lowest BCUT2D eigenvalue weighted by molar-refractivity contribution is -0.143. The van der Waals surface area contributed by atoms with E-state index in [-0.39, 0.29) is 12.1 Å². The van der Waals surface area contributed by atoms with Crippen LogP contribution in [0.3, 0.4) is 0 Å². The molecule has 0 radical (unpaired) electrons. The Balaban J connectivity index is 1.87. The first-order valence-electron chi connectivity index (χ1n) is 8.79. The lowest BCUT2D eigenvalue weighted by Gasteiger charge is -2.43. The highest BCUT2D eigenvalue weighted by Gasteiger charge is 2.35. The van der Waals surface area contributed by atoms with Gasteiger partial charge in [-0.05, 0) is 39.5 Å². The molecule has 1 N–H and O–H groups in total. The van der Waals surface area contributed by atoms with Crippen LogP contribution < -0.4 is 5.32 Å². The number of hydrogen-bond acceptors (Lipinski definition) is 6. The maximum Gasteiger partial charge on any atom is 0.410 e. The van der Waals surface area contributed by atoms with Crippen LogP contribution in [-0.2, 0) is 14.3 Å². The van der Waals surface area contributed by atoms with Crippen LogP contribution in [0.25, 0.3) is 0 Å². The molecule has 24 heavy (non-hydrogen) atoms. The van der Waals surface area contributed by atoms with E-state index in [4.69, 9.17) is 9.47 Å². The first-order chi connectivity index (χ1) is 11.3. The van der Waals surface area contributed by atoms with E-state index in [0.29, 0.717) is 31.6 Å². The van der Waals surface area contributed by atoms with E-state index in [1.165, 1.54) is 7.11 Å². The SMILES string of the molecule is COC(=O)CN1CCNCC1C1CCN(C(=O)OC(C)(C)C)CC1. The molecule has 2 fully saturated rings. The molecule has 1 atom stereocenters. The van der Waals surface area contributed by atoms with Crippen molar-refractivity contribution in [2.45, 2.75) is 45.3 Å². The maximum absolute atomic E-state index is 12.2. The zero-order valence-electron chi connectivity index (χ0n) is 15.3. The number of likely N-dealkylation sites (tertiary alicyclic amines) is 1. The van der Waals surface area contributed by atoms with Gasteiger partial charge in [0, 0.05) is 38.8 Å². The molecule has 0 spiro atoms. The standard InChI is InChI=1S/C17H31N3O4/c1-17(2,3)24-16(22)19-8-5-13(6-9-19)14-11-18-7-10-20(14)12-15(21)23-4/h13-14,18H,5-12H2,1-4H3. The van der Waals surface area contributed by atoms with Crippen LogP contribution >= 0.6 is 0 Å². The van der Waals surface area contributed by atoms with Crippen molar-refractivity contribution in [3.8, 4) is 0 Å². The Hall–Kier alpha value is -1.34. The van der Waals surface area contributed by atoms with Gasteiger partial charge in [0.25, 0.3) is 0 Å². The van der Waals surface area contributed by atoms with Gasteiger partial charge < -0.3 is 19.7 Å². The number of rotatable bonds is 3. The second kappa shape index (κ2) is 8.16. The van der Waals surface area contributed by atoms with Gasteiger partial charge in [-0.15, -0.1) is 0 Å². The van der Waals surface area contributed by atoms with Crippen LogP contribution in [0.1, 0.15) is 33.6 Å². The average molecular weight is 341 g/mol. The normalized spacial score (nSPS) is 23.8. The molecule has 7 nitrogen and oxygen atoms in total. The smallest absolute Gasteiger partial charge is 0.410 e. The van der Waals surface area contributed by atoms with Gasteiger partial charge in [-0.1, -0.05) is 0 Å². The number of ether oxygens (including phenoxy) is 2. The number of carbonyl (C=O) groups excluding carboxylic acids is 2. The molecule has 2 rings (SSSR count). The van der Waals surface area contributed by atoms with Gasteiger partial charge in [-0.25, -0.2) is 4.79 Å². The number of piperazine rings is 1. The highest BCUT2D eigenvalue weighted by molar-refractivity contribution is 5.71. The summed E-state index contributed by atoms with van der Waals surface area (Å²) in [6, 6.07) is 0.318. The number of nitrogens with zero attached hydrogens (tertiary/aromatic N) is 2. The van der Waals surface area contributed by atoms with Crippen molar-refractivity contribution in [3.05, 3.63) is 0 Å². The molecule has 0 aromatic heterocycles. The molecular weight excluding hydrogens is 310 g/mol. The summed E-state index contributed by atoms with van der Waals surface area (Å²) in [4.78, 5) is 27.8. The van der Waals surface area contributed by atoms with Crippen molar-refractivity contribution in [1.29, 1.82) is 0 Å². The van der Waals surface area contributed by atoms with E-state index in [0.717, 1.165) is 32.5 Å². The molecule has 1 unspecified atom stereocenters. The number of carbonyl (C=O) groups is 2. The van der Waals surface area contributed by atoms with E-state index in [9.17, 15) is 9.59 Å². The summed E-state index contributed by atoms with van der Waals surface area (Å²) in [5, 5.41) is 3.42. The zero-order chi connectivity index (χ0) is 17.7. The molecule has 138 valence electrons. The molecule has 7 heteroatoms. The van der Waals surface area contributed by atoms with Crippen molar-refractivity contribution in [2.75, 3.05) is 46.4 Å². The van der Waals surface area contributed by atoms with Gasteiger partial charge in [0.05, 0.1) is 13.7 Å². The highest BCUT2D eigenvalue weighted by Crippen LogP contribution is 2.26. The van der Waals surface area contributed by atoms with Crippen LogP contribution in [0.2, 0.25) is 0 Å². The Labute approximate surface area is 144 Å². The Bertz CT molecular complexity index is 442. The number of piperidine rings is 1. The lowest BCUT2D eigenvalue weighted by Crippen LogP contribution is -2.57. The Morgan fingerprint density at radius 2 is 1.83 bits per heavy atom. The average Bonchev–Trinajstić information content (AvgIpc) is 2.54. The van der Waals surface area contributed by atoms with Crippen LogP contribution in [-0.4, -0.2) is 79.9 Å². The third-order valence-electron chi connectivity index (χ3n) is 4.69. The molecule has 2 aliphatic rings. The second-order valence-corrected chi connectivity index (χ2v) is 7.62. The Morgan fingerprint density at radius 1 is 1.17 bits per heavy atom. The minimum atomic E-state index is -0.460. The van der Waals surface area contributed by atoms with E-state index in [1.54, 1.807) is 4.90 Å². The fourth-order valence-electron chi connectivity index (χ4n) is 3.45. The second-order valence-electron chi connectivity index (χ2n) is 7.62. The third kappa shape index (κ3) is 5.34. The number of nitrogens with one attached hydrogen (secondary N) is 1. The molecule has 0 aliphatic carbocycles. The van der Waals surface area contributed by atoms with E-state index in [2.05, 4.69) is 10.2 Å². The van der Waals surface area contributed by atoms with Crippen LogP contribution in [0, 0.1) is 5.92 Å². The number of esters is 1. The minimum Gasteiger partial charge on any atom is -0.468 e. The fraction of sp³-hybridized carbons (Fsp3) is 0.882. The molecule has 1 amide bonds. The van der Waals surface area contributed by atoms with Gasteiger partial charge in [0.2, 0.25) is 0 Å². The summed E-state index contributed by atoms with van der Waals surface area (Å²) in [7, 11) is 1.43. The van der Waals surface area contributed by atoms with Crippen molar-refractivity contribution >= 4 is 12.1 Å². The topological polar surface area (TPSA) is 71.1 Å². The predicted octanol–water partition coefficient (Wildman–Crippen LogP) is 1.08. The van der Waals surface area contributed by atoms with Crippen molar-refractivity contribution in [3.63, 3.8) is 0 Å². The van der Waals surface area contributed by atoms with Crippen molar-refractivity contribution in [2.24, 2.45) is 5.92 Å². The van der Waals surface area contributed by atoms with Crippen LogP contribution in [0.15, 0.2) is 0 Å². The minimum absolute atomic E-state index is 0.187.